The Hall–Kier alpha value is -1.88. The molecular formula is C16H23N3O2. The van der Waals surface area contributed by atoms with E-state index in [1.54, 1.807) is 19.5 Å². The summed E-state index contributed by atoms with van der Waals surface area (Å²) in [6.45, 7) is 6.90. The highest BCUT2D eigenvalue weighted by Crippen LogP contribution is 2.27. The lowest BCUT2D eigenvalue weighted by molar-refractivity contribution is 0.176. The van der Waals surface area contributed by atoms with Gasteiger partial charge in [-0.3, -0.25) is 9.67 Å². The summed E-state index contributed by atoms with van der Waals surface area (Å²) in [6, 6.07) is 0. The summed E-state index contributed by atoms with van der Waals surface area (Å²) in [5, 5.41) is 14.6. The minimum Gasteiger partial charge on any atom is -0.496 e. The molecule has 0 aromatic carbocycles. The number of aryl methyl sites for hydroxylation is 2. The Labute approximate surface area is 125 Å². The molecule has 114 valence electrons. The molecular weight excluding hydrogens is 266 g/mol. The fourth-order valence-electron chi connectivity index (χ4n) is 2.48. The maximum Gasteiger partial charge on any atom is 0.128 e. The predicted molar refractivity (Wildman–Crippen MR) is 81.4 cm³/mol. The van der Waals surface area contributed by atoms with Gasteiger partial charge in [0.2, 0.25) is 0 Å². The van der Waals surface area contributed by atoms with E-state index in [2.05, 4.69) is 17.0 Å². The van der Waals surface area contributed by atoms with Crippen LogP contribution < -0.4 is 4.74 Å². The highest BCUT2D eigenvalue weighted by atomic mass is 16.5. The van der Waals surface area contributed by atoms with Crippen molar-refractivity contribution in [1.82, 2.24) is 14.8 Å². The predicted octanol–water partition coefficient (Wildman–Crippen LogP) is 2.59. The maximum atomic E-state index is 10.4. The molecule has 0 radical (unpaired) electrons. The molecule has 1 unspecified atom stereocenters. The SMILES string of the molecule is CCCn1cc(C(O)Cc2ncc(C)c(OC)c2C)cn1. The number of aromatic nitrogens is 3. The molecule has 2 heterocycles. The monoisotopic (exact) mass is 289 g/mol. The Morgan fingerprint density at radius 3 is 2.76 bits per heavy atom. The van der Waals surface area contributed by atoms with E-state index in [0.29, 0.717) is 6.42 Å². The fourth-order valence-corrected chi connectivity index (χ4v) is 2.48. The summed E-state index contributed by atoms with van der Waals surface area (Å²) in [5.41, 5.74) is 3.67. The zero-order chi connectivity index (χ0) is 15.4. The number of nitrogens with zero attached hydrogens (tertiary/aromatic N) is 3. The third-order valence-corrected chi connectivity index (χ3v) is 3.63. The summed E-state index contributed by atoms with van der Waals surface area (Å²) < 4.78 is 7.26. The second kappa shape index (κ2) is 6.72. The van der Waals surface area contributed by atoms with Gasteiger partial charge in [-0.05, 0) is 20.3 Å². The van der Waals surface area contributed by atoms with Gasteiger partial charge in [0.1, 0.15) is 5.75 Å². The highest BCUT2D eigenvalue weighted by molar-refractivity contribution is 5.41. The van der Waals surface area contributed by atoms with Gasteiger partial charge in [0.15, 0.2) is 0 Å². The quantitative estimate of drug-likeness (QED) is 0.888. The first-order valence-corrected chi connectivity index (χ1v) is 7.26. The number of aliphatic hydroxyl groups excluding tert-OH is 1. The Balaban J connectivity index is 2.17. The van der Waals surface area contributed by atoms with Gasteiger partial charge in [-0.1, -0.05) is 6.92 Å². The third kappa shape index (κ3) is 3.42. The third-order valence-electron chi connectivity index (χ3n) is 3.63. The van der Waals surface area contributed by atoms with E-state index < -0.39 is 6.10 Å². The lowest BCUT2D eigenvalue weighted by atomic mass is 10.0. The molecule has 5 heteroatoms. The Morgan fingerprint density at radius 1 is 1.33 bits per heavy atom. The second-order valence-corrected chi connectivity index (χ2v) is 5.30. The molecule has 0 aliphatic carbocycles. The molecule has 0 bridgehead atoms. The van der Waals surface area contributed by atoms with Gasteiger partial charge in [0.05, 0.1) is 19.4 Å². The van der Waals surface area contributed by atoms with Crippen LogP contribution in [0.25, 0.3) is 0 Å². The molecule has 5 nitrogen and oxygen atoms in total. The van der Waals surface area contributed by atoms with Crippen molar-refractivity contribution in [3.05, 3.63) is 41.0 Å². The fraction of sp³-hybridized carbons (Fsp3) is 0.500. The molecule has 0 saturated heterocycles. The van der Waals surface area contributed by atoms with Gasteiger partial charge in [0, 0.05) is 47.7 Å². The molecule has 1 N–H and O–H groups in total. The average Bonchev–Trinajstić information content (AvgIpc) is 2.92. The van der Waals surface area contributed by atoms with Crippen molar-refractivity contribution < 1.29 is 9.84 Å². The summed E-state index contributed by atoms with van der Waals surface area (Å²) in [4.78, 5) is 4.43. The van der Waals surface area contributed by atoms with Gasteiger partial charge in [-0.15, -0.1) is 0 Å². The zero-order valence-electron chi connectivity index (χ0n) is 13.1. The molecule has 2 aromatic rings. The van der Waals surface area contributed by atoms with Gasteiger partial charge in [-0.25, -0.2) is 0 Å². The Bertz CT molecular complexity index is 608. The number of aliphatic hydroxyl groups is 1. The topological polar surface area (TPSA) is 60.2 Å². The number of hydrogen-bond donors (Lipinski definition) is 1. The maximum absolute atomic E-state index is 10.4. The van der Waals surface area contributed by atoms with Crippen molar-refractivity contribution >= 4 is 0 Å². The summed E-state index contributed by atoms with van der Waals surface area (Å²) >= 11 is 0. The molecule has 0 saturated carbocycles. The van der Waals surface area contributed by atoms with Crippen LogP contribution in [0.15, 0.2) is 18.6 Å². The summed E-state index contributed by atoms with van der Waals surface area (Å²) in [7, 11) is 1.66. The molecule has 0 spiro atoms. The normalized spacial score (nSPS) is 12.4. The van der Waals surface area contributed by atoms with Crippen LogP contribution in [0.4, 0.5) is 0 Å². The highest BCUT2D eigenvalue weighted by Gasteiger charge is 2.16. The van der Waals surface area contributed by atoms with E-state index in [1.165, 1.54) is 0 Å². The van der Waals surface area contributed by atoms with E-state index in [4.69, 9.17) is 4.74 Å². The minimum absolute atomic E-state index is 0.459. The number of pyridine rings is 1. The molecule has 2 rings (SSSR count). The average molecular weight is 289 g/mol. The molecule has 21 heavy (non-hydrogen) atoms. The van der Waals surface area contributed by atoms with Crippen LogP contribution >= 0.6 is 0 Å². The van der Waals surface area contributed by atoms with Crippen LogP contribution in [0.3, 0.4) is 0 Å². The second-order valence-electron chi connectivity index (χ2n) is 5.30. The van der Waals surface area contributed by atoms with E-state index in [0.717, 1.165) is 41.1 Å². The van der Waals surface area contributed by atoms with Crippen molar-refractivity contribution in [2.24, 2.45) is 0 Å². The Kier molecular flexibility index (Phi) is 4.96. The number of methoxy groups -OCH3 is 1. The molecule has 2 aromatic heterocycles. The summed E-state index contributed by atoms with van der Waals surface area (Å²) in [6.07, 6.45) is 6.28. The first kappa shape index (κ1) is 15.5. The molecule has 0 amide bonds. The largest absolute Gasteiger partial charge is 0.496 e. The van der Waals surface area contributed by atoms with Gasteiger partial charge >= 0.3 is 0 Å². The van der Waals surface area contributed by atoms with Gasteiger partial charge in [0.25, 0.3) is 0 Å². The van der Waals surface area contributed by atoms with Crippen molar-refractivity contribution in [3.8, 4) is 5.75 Å². The van der Waals surface area contributed by atoms with Crippen LogP contribution in [0.5, 0.6) is 5.75 Å². The smallest absolute Gasteiger partial charge is 0.128 e. The van der Waals surface area contributed by atoms with E-state index in [-0.39, 0.29) is 0 Å². The summed E-state index contributed by atoms with van der Waals surface area (Å²) in [5.74, 6) is 0.842. The number of rotatable bonds is 6. The van der Waals surface area contributed by atoms with Gasteiger partial charge in [-0.2, -0.15) is 5.10 Å². The number of hydrogen-bond acceptors (Lipinski definition) is 4. The van der Waals surface area contributed by atoms with Crippen LogP contribution in [0.2, 0.25) is 0 Å². The molecule has 0 aliphatic rings. The van der Waals surface area contributed by atoms with Crippen LogP contribution in [0.1, 0.15) is 41.8 Å². The van der Waals surface area contributed by atoms with Crippen LogP contribution in [-0.4, -0.2) is 27.0 Å². The molecule has 1 atom stereocenters. The van der Waals surface area contributed by atoms with E-state index in [1.807, 2.05) is 24.7 Å². The van der Waals surface area contributed by atoms with E-state index >= 15 is 0 Å². The Morgan fingerprint density at radius 2 is 2.10 bits per heavy atom. The zero-order valence-corrected chi connectivity index (χ0v) is 13.1. The number of ether oxygens (including phenoxy) is 1. The first-order valence-electron chi connectivity index (χ1n) is 7.26. The molecule has 0 aliphatic heterocycles. The standard InChI is InChI=1S/C16H23N3O2/c1-5-6-19-10-13(9-18-19)15(20)7-14-12(3)16(21-4)11(2)8-17-14/h8-10,15,20H,5-7H2,1-4H3. The van der Waals surface area contributed by atoms with Crippen molar-refractivity contribution in [2.75, 3.05) is 7.11 Å². The lowest BCUT2D eigenvalue weighted by Crippen LogP contribution is -2.06. The molecule has 0 fully saturated rings. The van der Waals surface area contributed by atoms with Crippen LogP contribution in [0, 0.1) is 13.8 Å². The van der Waals surface area contributed by atoms with Gasteiger partial charge < -0.3 is 9.84 Å². The van der Waals surface area contributed by atoms with Crippen molar-refractivity contribution in [1.29, 1.82) is 0 Å². The van der Waals surface area contributed by atoms with Crippen LogP contribution in [-0.2, 0) is 13.0 Å². The minimum atomic E-state index is -0.603. The van der Waals surface area contributed by atoms with Crippen molar-refractivity contribution in [2.45, 2.75) is 46.3 Å². The first-order chi connectivity index (χ1) is 10.1. The van der Waals surface area contributed by atoms with E-state index in [9.17, 15) is 5.11 Å². The lowest BCUT2D eigenvalue weighted by Gasteiger charge is -2.14. The van der Waals surface area contributed by atoms with Crippen molar-refractivity contribution in [3.63, 3.8) is 0 Å².